The molecular weight excluding hydrogens is 310 g/mol. The fourth-order valence-corrected chi connectivity index (χ4v) is 3.66. The van der Waals surface area contributed by atoms with Crippen molar-refractivity contribution in [1.29, 1.82) is 0 Å². The van der Waals surface area contributed by atoms with Crippen LogP contribution in [-0.4, -0.2) is 55.0 Å². The van der Waals surface area contributed by atoms with Crippen molar-refractivity contribution in [1.82, 2.24) is 15.1 Å². The normalized spacial score (nSPS) is 17.8. The van der Waals surface area contributed by atoms with Crippen LogP contribution in [-0.2, 0) is 11.2 Å². The fourth-order valence-electron chi connectivity index (χ4n) is 2.93. The van der Waals surface area contributed by atoms with E-state index in [9.17, 15) is 9.59 Å². The maximum atomic E-state index is 12.4. The highest BCUT2D eigenvalue weighted by Crippen LogP contribution is 2.22. The van der Waals surface area contributed by atoms with Crippen LogP contribution in [0.3, 0.4) is 0 Å². The molecule has 1 atom stereocenters. The summed E-state index contributed by atoms with van der Waals surface area (Å²) in [7, 11) is 3.46. The van der Waals surface area contributed by atoms with E-state index in [1.54, 1.807) is 30.3 Å². The molecule has 0 radical (unpaired) electrons. The number of hydrogen-bond acceptors (Lipinski definition) is 3. The third-order valence-corrected chi connectivity index (χ3v) is 5.24. The molecule has 6 heteroatoms. The molecule has 0 bridgehead atoms. The molecule has 128 valence electrons. The Kier molecular flexibility index (Phi) is 6.89. The van der Waals surface area contributed by atoms with E-state index in [0.29, 0.717) is 19.0 Å². The first-order valence-corrected chi connectivity index (χ1v) is 9.23. The summed E-state index contributed by atoms with van der Waals surface area (Å²) in [6.45, 7) is 1.23. The SMILES string of the molecule is CN(C)C(=O)CCNC(=O)N1CCCC[C@H]1CCc1cccs1. The van der Waals surface area contributed by atoms with Crippen molar-refractivity contribution in [3.05, 3.63) is 22.4 Å². The number of thiophene rings is 1. The van der Waals surface area contributed by atoms with Crippen molar-refractivity contribution in [3.8, 4) is 0 Å². The molecule has 1 N–H and O–H groups in total. The molecule has 1 saturated heterocycles. The molecule has 0 aromatic carbocycles. The van der Waals surface area contributed by atoms with Crippen LogP contribution >= 0.6 is 11.3 Å². The molecular formula is C17H27N3O2S. The van der Waals surface area contributed by atoms with Crippen molar-refractivity contribution in [2.45, 2.75) is 44.6 Å². The van der Waals surface area contributed by atoms with Crippen molar-refractivity contribution in [3.63, 3.8) is 0 Å². The Hall–Kier alpha value is -1.56. The lowest BCUT2D eigenvalue weighted by atomic mass is 9.98. The molecule has 1 fully saturated rings. The third-order valence-electron chi connectivity index (χ3n) is 4.31. The number of likely N-dealkylation sites (tertiary alicyclic amines) is 1. The molecule has 1 aromatic rings. The van der Waals surface area contributed by atoms with Gasteiger partial charge in [0.15, 0.2) is 0 Å². The van der Waals surface area contributed by atoms with E-state index in [-0.39, 0.29) is 11.9 Å². The molecule has 0 spiro atoms. The fraction of sp³-hybridized carbons (Fsp3) is 0.647. The van der Waals surface area contributed by atoms with E-state index in [4.69, 9.17) is 0 Å². The molecule has 1 aliphatic heterocycles. The van der Waals surface area contributed by atoms with Crippen LogP contribution in [0.5, 0.6) is 0 Å². The molecule has 0 aliphatic carbocycles. The number of urea groups is 1. The predicted octanol–water partition coefficient (Wildman–Crippen LogP) is 2.72. The second-order valence-corrected chi connectivity index (χ2v) is 7.26. The summed E-state index contributed by atoms with van der Waals surface area (Å²) in [5, 5.41) is 5.00. The number of amides is 3. The van der Waals surface area contributed by atoms with Gasteiger partial charge in [-0.15, -0.1) is 11.3 Å². The van der Waals surface area contributed by atoms with Gasteiger partial charge in [0.25, 0.3) is 0 Å². The first kappa shape index (κ1) is 17.8. The highest BCUT2D eigenvalue weighted by atomic mass is 32.1. The van der Waals surface area contributed by atoms with E-state index in [1.807, 2.05) is 4.90 Å². The second-order valence-electron chi connectivity index (χ2n) is 6.23. The lowest BCUT2D eigenvalue weighted by molar-refractivity contribution is -0.128. The highest BCUT2D eigenvalue weighted by Gasteiger charge is 2.26. The Labute approximate surface area is 142 Å². The minimum Gasteiger partial charge on any atom is -0.349 e. The molecule has 23 heavy (non-hydrogen) atoms. The summed E-state index contributed by atoms with van der Waals surface area (Å²) in [4.78, 5) is 28.9. The molecule has 2 rings (SSSR count). The van der Waals surface area contributed by atoms with Crippen LogP contribution in [0.4, 0.5) is 4.79 Å². The van der Waals surface area contributed by atoms with Gasteiger partial charge in [0, 0.05) is 44.5 Å². The topological polar surface area (TPSA) is 52.7 Å². The quantitative estimate of drug-likeness (QED) is 0.868. The van der Waals surface area contributed by atoms with Crippen LogP contribution in [0, 0.1) is 0 Å². The standard InChI is InChI=1S/C17H27N3O2S/c1-19(2)16(21)10-11-18-17(22)20-12-4-3-6-14(20)8-9-15-7-5-13-23-15/h5,7,13-14H,3-4,6,8-12H2,1-2H3,(H,18,22)/t14-/m0/s1. The van der Waals surface area contributed by atoms with Crippen molar-refractivity contribution in [2.75, 3.05) is 27.2 Å². The van der Waals surface area contributed by atoms with E-state index in [0.717, 1.165) is 32.2 Å². The highest BCUT2D eigenvalue weighted by molar-refractivity contribution is 7.09. The Morgan fingerprint density at radius 3 is 2.91 bits per heavy atom. The summed E-state index contributed by atoms with van der Waals surface area (Å²) in [6.07, 6.45) is 5.75. The zero-order valence-corrected chi connectivity index (χ0v) is 14.9. The number of piperidine rings is 1. The molecule has 2 heterocycles. The third kappa shape index (κ3) is 5.53. The van der Waals surface area contributed by atoms with Gasteiger partial charge >= 0.3 is 6.03 Å². The van der Waals surface area contributed by atoms with Crippen LogP contribution in [0.25, 0.3) is 0 Å². The van der Waals surface area contributed by atoms with Gasteiger partial charge in [0.05, 0.1) is 0 Å². The smallest absolute Gasteiger partial charge is 0.317 e. The van der Waals surface area contributed by atoms with Crippen molar-refractivity contribution in [2.24, 2.45) is 0 Å². The molecule has 3 amide bonds. The molecule has 1 aromatic heterocycles. The number of nitrogens with one attached hydrogen (secondary N) is 1. The average Bonchev–Trinajstić information content (AvgIpc) is 3.06. The predicted molar refractivity (Wildman–Crippen MR) is 93.7 cm³/mol. The van der Waals surface area contributed by atoms with E-state index >= 15 is 0 Å². The number of carbonyl (C=O) groups excluding carboxylic acids is 2. The summed E-state index contributed by atoms with van der Waals surface area (Å²) in [5.74, 6) is 0.0400. The Morgan fingerprint density at radius 2 is 2.22 bits per heavy atom. The average molecular weight is 337 g/mol. The van der Waals surface area contributed by atoms with Gasteiger partial charge in [-0.1, -0.05) is 6.07 Å². The van der Waals surface area contributed by atoms with Gasteiger partial charge in [-0.2, -0.15) is 0 Å². The molecule has 0 unspecified atom stereocenters. The summed E-state index contributed by atoms with van der Waals surface area (Å²) in [5.41, 5.74) is 0. The van der Waals surface area contributed by atoms with Gasteiger partial charge in [-0.05, 0) is 43.6 Å². The lowest BCUT2D eigenvalue weighted by Crippen LogP contribution is -2.49. The zero-order valence-electron chi connectivity index (χ0n) is 14.1. The molecule has 5 nitrogen and oxygen atoms in total. The zero-order chi connectivity index (χ0) is 16.7. The van der Waals surface area contributed by atoms with Gasteiger partial charge in [-0.25, -0.2) is 4.79 Å². The van der Waals surface area contributed by atoms with Crippen molar-refractivity contribution >= 4 is 23.3 Å². The Morgan fingerprint density at radius 1 is 1.39 bits per heavy atom. The first-order chi connectivity index (χ1) is 11.1. The van der Waals surface area contributed by atoms with Crippen LogP contribution in [0.2, 0.25) is 0 Å². The number of hydrogen-bond donors (Lipinski definition) is 1. The lowest BCUT2D eigenvalue weighted by Gasteiger charge is -2.35. The summed E-state index contributed by atoms with van der Waals surface area (Å²) >= 11 is 1.78. The first-order valence-electron chi connectivity index (χ1n) is 8.35. The van der Waals surface area contributed by atoms with Gasteiger partial charge in [-0.3, -0.25) is 4.79 Å². The maximum absolute atomic E-state index is 12.4. The minimum atomic E-state index is -0.0209. The number of nitrogens with zero attached hydrogens (tertiary/aromatic N) is 2. The van der Waals surface area contributed by atoms with Crippen LogP contribution < -0.4 is 5.32 Å². The Balaban J connectivity index is 1.79. The van der Waals surface area contributed by atoms with Crippen molar-refractivity contribution < 1.29 is 9.59 Å². The van der Waals surface area contributed by atoms with E-state index in [2.05, 4.69) is 22.8 Å². The summed E-state index contributed by atoms with van der Waals surface area (Å²) < 4.78 is 0. The largest absolute Gasteiger partial charge is 0.349 e. The summed E-state index contributed by atoms with van der Waals surface area (Å²) in [6, 6.07) is 4.53. The number of rotatable bonds is 6. The Bertz CT molecular complexity index is 502. The van der Waals surface area contributed by atoms with E-state index in [1.165, 1.54) is 11.3 Å². The number of aryl methyl sites for hydroxylation is 1. The van der Waals surface area contributed by atoms with Gasteiger partial charge in [0.1, 0.15) is 0 Å². The molecule has 0 saturated carbocycles. The number of carbonyl (C=O) groups is 2. The van der Waals surface area contributed by atoms with Crippen LogP contribution in [0.1, 0.15) is 37.0 Å². The van der Waals surface area contributed by atoms with E-state index < -0.39 is 0 Å². The van der Waals surface area contributed by atoms with Crippen LogP contribution in [0.15, 0.2) is 17.5 Å². The maximum Gasteiger partial charge on any atom is 0.317 e. The second kappa shape index (κ2) is 8.91. The van der Waals surface area contributed by atoms with Gasteiger partial charge in [0.2, 0.25) is 5.91 Å². The van der Waals surface area contributed by atoms with Gasteiger partial charge < -0.3 is 15.1 Å². The monoisotopic (exact) mass is 337 g/mol. The minimum absolute atomic E-state index is 0.0209. The molecule has 1 aliphatic rings.